The molecule has 0 saturated carbocycles. The summed E-state index contributed by atoms with van der Waals surface area (Å²) < 4.78 is 0. The Hall–Kier alpha value is -5.77. The molecule has 0 aliphatic rings. The summed E-state index contributed by atoms with van der Waals surface area (Å²) in [5, 5.41) is 30.9. The van der Waals surface area contributed by atoms with Crippen molar-refractivity contribution in [3.8, 4) is 0 Å². The van der Waals surface area contributed by atoms with Gasteiger partial charge in [-0.05, 0) is 364 Å². The van der Waals surface area contributed by atoms with Crippen molar-refractivity contribution < 1.29 is 5.11 Å². The third kappa shape index (κ3) is 22.3. The summed E-state index contributed by atoms with van der Waals surface area (Å²) in [6.07, 6.45) is 0. The molecule has 9 aromatic carbocycles. The van der Waals surface area contributed by atoms with Crippen LogP contribution in [0.2, 0.25) is 0 Å². The van der Waals surface area contributed by atoms with Crippen molar-refractivity contribution in [2.45, 2.75) is 480 Å². The first-order valence-corrected chi connectivity index (χ1v) is 56.5. The van der Waals surface area contributed by atoms with Crippen LogP contribution in [0.25, 0.3) is 0 Å². The Bertz CT molecular complexity index is 4440. The van der Waals surface area contributed by atoms with Gasteiger partial charge in [-0.25, -0.2) is 0 Å². The van der Waals surface area contributed by atoms with Gasteiger partial charge in [0.2, 0.25) is 0 Å². The van der Waals surface area contributed by atoms with E-state index in [0.717, 1.165) is 16.7 Å². The first-order chi connectivity index (χ1) is 60.8. The second-order valence-electron chi connectivity index (χ2n) is 47.7. The van der Waals surface area contributed by atoms with Crippen molar-refractivity contribution in [2.75, 3.05) is 0 Å². The van der Waals surface area contributed by atoms with E-state index in [-0.39, 0.29) is 107 Å². The molecule has 4 heteroatoms. The topological polar surface area (TPSA) is 20.2 Å². The monoisotopic (exact) mass is 1820 g/mol. The van der Waals surface area contributed by atoms with Gasteiger partial charge in [-0.2, -0.15) is 0 Å². The maximum absolute atomic E-state index is 17.2. The highest BCUT2D eigenvalue weighted by Crippen LogP contribution is 2.56. The molecule has 0 atom stereocenters. The van der Waals surface area contributed by atoms with Gasteiger partial charge >= 0.3 is 0 Å². The molecule has 0 saturated heterocycles. The summed E-state index contributed by atoms with van der Waals surface area (Å²) in [6, 6.07) is 47.8. The Balaban J connectivity index is 1.71. The van der Waals surface area contributed by atoms with E-state index >= 15 is 5.11 Å². The van der Waals surface area contributed by atoms with E-state index < -0.39 is 29.4 Å². The fourth-order valence-electron chi connectivity index (χ4n) is 20.6. The van der Waals surface area contributed by atoms with Gasteiger partial charge in [0, 0.05) is 0 Å². The van der Waals surface area contributed by atoms with Gasteiger partial charge in [0.15, 0.2) is 0 Å². The molecule has 9 rings (SSSR count). The molecule has 0 radical (unpaired) electrons. The molecule has 0 unspecified atom stereocenters. The van der Waals surface area contributed by atoms with Crippen molar-refractivity contribution in [1.82, 2.24) is 0 Å². The first kappa shape index (κ1) is 109. The van der Waals surface area contributed by atoms with Gasteiger partial charge in [-0.3, -0.25) is 0 Å². The molecule has 1 N–H and O–H groups in total. The minimum absolute atomic E-state index is 0.0582. The van der Waals surface area contributed by atoms with E-state index in [1.807, 2.05) is 0 Å². The normalized spacial score (nSPS) is 13.1. The zero-order valence-corrected chi connectivity index (χ0v) is 95.2. The van der Waals surface area contributed by atoms with Crippen molar-refractivity contribution in [3.63, 3.8) is 0 Å². The van der Waals surface area contributed by atoms with E-state index in [9.17, 15) is 0 Å². The molecule has 0 heterocycles. The molecular formula is C127H187OP3. The van der Waals surface area contributed by atoms with Gasteiger partial charge < -0.3 is 5.11 Å². The average Bonchev–Trinajstić information content (AvgIpc) is 0.711. The standard InChI is InChI=1S/C127H187OP3/c1-67(2)91-49-100(73(13)14)118(101(50-91)74(15)16)129(119-102(75(17)18)51-92(68(3)4)52-103(119)76(19)20)124-112(85(37)38)61-97(62-113(124)86(39)40)127(128,98-63-114(87(41)42)125(115(64-98)88(43)44)130(120-104(77(21)22)53-93(69(5)6)54-105(120)78(23)24)121-106(79(25)26)55-94(70(7)8)56-107(121)80(27)28)99-65-116(89(45)46)126(117(66-99)90(47)48)131(122-108(81(29)30)57-95(71(9)10)58-109(122)82(31)32)123-110(83(33)34)59-96(72(11)12)60-111(123)84(35)36/h49-90,128H,1-48H3. The van der Waals surface area contributed by atoms with Crippen LogP contribution >= 0.6 is 23.8 Å². The molecule has 1 nitrogen and oxygen atoms in total. The van der Waals surface area contributed by atoms with E-state index in [4.69, 9.17) is 0 Å². The number of rotatable bonds is 36. The maximum Gasteiger partial charge on any atom is 0.140 e. The molecule has 0 spiro atoms. The van der Waals surface area contributed by atoms with Gasteiger partial charge in [-0.15, -0.1) is 0 Å². The molecule has 0 aromatic heterocycles. The molecular weight excluding hydrogens is 1630 g/mol. The Labute approximate surface area is 810 Å². The quantitative estimate of drug-likeness (QED) is 0.0307. The van der Waals surface area contributed by atoms with Crippen LogP contribution in [0, 0.1) is 0 Å². The fourth-order valence-corrected chi connectivity index (χ4v) is 33.1. The van der Waals surface area contributed by atoms with Gasteiger partial charge in [0.05, 0.1) is 0 Å². The zero-order valence-electron chi connectivity index (χ0n) is 92.5. The highest BCUT2D eigenvalue weighted by molar-refractivity contribution is 7.81. The molecule has 9 aromatic rings. The molecule has 131 heavy (non-hydrogen) atoms. The lowest BCUT2D eigenvalue weighted by Crippen LogP contribution is -2.39. The smallest absolute Gasteiger partial charge is 0.140 e. The van der Waals surface area contributed by atoms with Gasteiger partial charge in [-0.1, -0.05) is 442 Å². The first-order valence-electron chi connectivity index (χ1n) is 52.5. The summed E-state index contributed by atoms with van der Waals surface area (Å²) in [6.45, 7) is 118. The maximum atomic E-state index is 17.2. The fraction of sp³-hybridized carbons (Fsp3) is 0.575. The van der Waals surface area contributed by atoms with E-state index in [1.54, 1.807) is 31.8 Å². The second-order valence-corrected chi connectivity index (χ2v) is 53.8. The van der Waals surface area contributed by atoms with Crippen LogP contribution in [0.3, 0.4) is 0 Å². The van der Waals surface area contributed by atoms with Gasteiger partial charge in [0.1, 0.15) is 5.60 Å². The number of hydrogen-bond acceptors (Lipinski definition) is 1. The van der Waals surface area contributed by atoms with Crippen LogP contribution < -0.4 is 47.7 Å². The summed E-state index contributed by atoms with van der Waals surface area (Å²) in [7, 11) is -3.94. The Morgan fingerprint density at radius 1 is 0.130 bits per heavy atom. The van der Waals surface area contributed by atoms with E-state index in [2.05, 4.69) is 442 Å². The predicted molar refractivity (Wildman–Crippen MR) is 596 cm³/mol. The zero-order chi connectivity index (χ0) is 98.6. The number of aliphatic hydroxyl groups is 1. The molecule has 0 aliphatic carbocycles. The molecule has 0 amide bonds. The average molecular weight is 1820 g/mol. The Morgan fingerprint density at radius 2 is 0.206 bits per heavy atom. The van der Waals surface area contributed by atoms with Crippen LogP contribution in [-0.2, 0) is 5.60 Å². The van der Waals surface area contributed by atoms with Crippen LogP contribution in [0.15, 0.2) is 109 Å². The predicted octanol–water partition coefficient (Wildman–Crippen LogP) is 36.2. The highest BCUT2D eigenvalue weighted by Gasteiger charge is 2.46. The molecule has 0 bridgehead atoms. The third-order valence-corrected chi connectivity index (χ3v) is 37.8. The number of hydrogen-bond donors (Lipinski definition) is 1. The molecule has 716 valence electrons. The Kier molecular flexibility index (Phi) is 36.5. The minimum atomic E-state index is -1.74. The van der Waals surface area contributed by atoms with Crippen molar-refractivity contribution >= 4 is 71.5 Å². The second kappa shape index (κ2) is 43.9. The van der Waals surface area contributed by atoms with E-state index in [0.29, 0.717) is 35.5 Å². The lowest BCUT2D eigenvalue weighted by atomic mass is 9.74. The Morgan fingerprint density at radius 3 is 0.275 bits per heavy atom. The van der Waals surface area contributed by atoms with Crippen molar-refractivity contribution in [3.05, 3.63) is 259 Å². The lowest BCUT2D eigenvalue weighted by Gasteiger charge is -2.40. The summed E-state index contributed by atoms with van der Waals surface area (Å²) >= 11 is 0. The molecule has 0 aliphatic heterocycles. The molecule has 0 fully saturated rings. The van der Waals surface area contributed by atoms with Crippen LogP contribution in [0.5, 0.6) is 0 Å². The third-order valence-electron chi connectivity index (χ3n) is 29.1. The van der Waals surface area contributed by atoms with Crippen LogP contribution in [0.1, 0.15) is 625 Å². The van der Waals surface area contributed by atoms with Gasteiger partial charge in [0.25, 0.3) is 0 Å². The lowest BCUT2D eigenvalue weighted by molar-refractivity contribution is 0.125. The summed E-state index contributed by atoms with van der Waals surface area (Å²) in [4.78, 5) is 0. The van der Waals surface area contributed by atoms with Crippen LogP contribution in [-0.4, -0.2) is 5.11 Å². The largest absolute Gasteiger partial charge is 0.376 e. The summed E-state index contributed by atoms with van der Waals surface area (Å²) in [5.74, 6) is 5.60. The van der Waals surface area contributed by atoms with Crippen LogP contribution in [0.4, 0.5) is 0 Å². The minimum Gasteiger partial charge on any atom is -0.376 e. The highest BCUT2D eigenvalue weighted by atomic mass is 31.1. The van der Waals surface area contributed by atoms with E-state index in [1.165, 1.54) is 149 Å². The SMILES string of the molecule is CC(C)c1cc(C(C)C)c(P(c2c(C(C)C)cc(C(C)C)cc2C(C)C)c2c(C(C)C)cc(C(O)(c3cc(C(C)C)c(P(c4c(C(C)C)cc(C(C)C)cc4C(C)C)c4c(C(C)C)cc(C(C)C)cc4C(C)C)c(C(C)C)c3)c3cc(C(C)C)c(P(c4c(C(C)C)cc(C(C)C)cc4C(C)C)c4c(C(C)C)cc(C(C)C)cc4C(C)C)c(C(C)C)c3)cc2C(C)C)c(C(C)C)c1. The number of benzene rings is 9. The summed E-state index contributed by atoms with van der Waals surface area (Å²) in [5.41, 5.74) is 35.7. The van der Waals surface area contributed by atoms with Crippen molar-refractivity contribution in [1.29, 1.82) is 0 Å². The van der Waals surface area contributed by atoms with Crippen molar-refractivity contribution in [2.24, 2.45) is 0 Å².